The first-order valence-corrected chi connectivity index (χ1v) is 9.66. The van der Waals surface area contributed by atoms with Gasteiger partial charge in [0.05, 0.1) is 12.6 Å². The Morgan fingerprint density at radius 3 is 2.75 bits per heavy atom. The van der Waals surface area contributed by atoms with Crippen molar-refractivity contribution in [2.75, 3.05) is 19.7 Å². The van der Waals surface area contributed by atoms with E-state index in [9.17, 15) is 9.59 Å². The molecule has 0 N–H and O–H groups in total. The molecule has 0 aliphatic carbocycles. The summed E-state index contributed by atoms with van der Waals surface area (Å²) in [5, 5.41) is 0. The Labute approximate surface area is 165 Å². The predicted octanol–water partition coefficient (Wildman–Crippen LogP) is 2.42. The number of ether oxygens (including phenoxy) is 1. The average molecular weight is 379 g/mol. The van der Waals surface area contributed by atoms with Crippen molar-refractivity contribution in [3.63, 3.8) is 0 Å². The van der Waals surface area contributed by atoms with E-state index in [2.05, 4.69) is 4.98 Å². The third-order valence-electron chi connectivity index (χ3n) is 5.69. The Balaban J connectivity index is 1.53. The van der Waals surface area contributed by atoms with Crippen molar-refractivity contribution in [1.82, 2.24) is 14.8 Å². The maximum atomic E-state index is 12.9. The number of aryl methyl sites for hydroxylation is 1. The molecule has 0 saturated carbocycles. The summed E-state index contributed by atoms with van der Waals surface area (Å²) in [6, 6.07) is 15.4. The van der Waals surface area contributed by atoms with Crippen LogP contribution in [0.2, 0.25) is 0 Å². The maximum absolute atomic E-state index is 12.9. The van der Waals surface area contributed by atoms with E-state index >= 15 is 0 Å². The lowest BCUT2D eigenvalue weighted by molar-refractivity contribution is -0.186. The molecule has 1 aromatic heterocycles. The number of fused-ring (bicyclic) bond motifs is 1. The van der Waals surface area contributed by atoms with Crippen LogP contribution in [0.25, 0.3) is 0 Å². The van der Waals surface area contributed by atoms with E-state index in [4.69, 9.17) is 4.74 Å². The number of rotatable bonds is 3. The Bertz CT molecular complexity index is 886. The number of morpholine rings is 1. The molecule has 2 atom stereocenters. The molecule has 0 unspecified atom stereocenters. The number of carbonyl (C=O) groups is 2. The third-order valence-corrected chi connectivity index (χ3v) is 5.69. The van der Waals surface area contributed by atoms with Gasteiger partial charge in [-0.05, 0) is 38.0 Å². The first-order chi connectivity index (χ1) is 13.5. The number of benzene rings is 1. The fraction of sp³-hybridized carbons (Fsp3) is 0.409. The number of piperidine rings is 1. The Hall–Kier alpha value is -2.73. The van der Waals surface area contributed by atoms with Crippen molar-refractivity contribution in [2.24, 2.45) is 0 Å². The normalized spacial score (nSPS) is 24.8. The number of carbonyl (C=O) groups excluding carboxylic acids is 2. The van der Waals surface area contributed by atoms with E-state index in [1.54, 1.807) is 11.0 Å². The van der Waals surface area contributed by atoms with Crippen LogP contribution < -0.4 is 0 Å². The minimum atomic E-state index is -0.583. The van der Waals surface area contributed by atoms with Gasteiger partial charge in [-0.25, -0.2) is 4.98 Å². The molecule has 2 aliphatic rings. The van der Waals surface area contributed by atoms with Gasteiger partial charge in [-0.15, -0.1) is 0 Å². The summed E-state index contributed by atoms with van der Waals surface area (Å²) in [4.78, 5) is 33.6. The summed E-state index contributed by atoms with van der Waals surface area (Å²) in [5.41, 5.74) is 1.79. The number of pyridine rings is 1. The molecule has 3 heterocycles. The van der Waals surface area contributed by atoms with Crippen LogP contribution in [0.3, 0.4) is 0 Å². The van der Waals surface area contributed by atoms with Gasteiger partial charge in [0.1, 0.15) is 17.9 Å². The summed E-state index contributed by atoms with van der Waals surface area (Å²) >= 11 is 0. The molecule has 6 nitrogen and oxygen atoms in total. The molecule has 2 fully saturated rings. The highest BCUT2D eigenvalue weighted by molar-refractivity contribution is 5.92. The van der Waals surface area contributed by atoms with Gasteiger partial charge in [-0.3, -0.25) is 9.59 Å². The topological polar surface area (TPSA) is 62.7 Å². The monoisotopic (exact) mass is 379 g/mol. The molecule has 6 heteroatoms. The second-order valence-corrected chi connectivity index (χ2v) is 7.80. The minimum Gasteiger partial charge on any atom is -0.361 e. The average Bonchev–Trinajstić information content (AvgIpc) is 2.70. The lowest BCUT2D eigenvalue weighted by Gasteiger charge is -2.52. The van der Waals surface area contributed by atoms with Crippen molar-refractivity contribution in [3.05, 3.63) is 65.5 Å². The van der Waals surface area contributed by atoms with Crippen LogP contribution in [0.1, 0.15) is 35.1 Å². The second-order valence-electron chi connectivity index (χ2n) is 7.80. The SMILES string of the molecule is Cc1cccc(C(=O)N2CC[C@H]3N(Cc4ccccc4)C(=O)CO[C@]3(C)C2)n1. The van der Waals surface area contributed by atoms with Gasteiger partial charge in [0, 0.05) is 18.8 Å². The van der Waals surface area contributed by atoms with Gasteiger partial charge in [-0.1, -0.05) is 36.4 Å². The molecule has 0 bridgehead atoms. The van der Waals surface area contributed by atoms with Crippen molar-refractivity contribution < 1.29 is 14.3 Å². The molecule has 1 aromatic carbocycles. The number of amides is 2. The van der Waals surface area contributed by atoms with Crippen molar-refractivity contribution in [1.29, 1.82) is 0 Å². The highest BCUT2D eigenvalue weighted by Crippen LogP contribution is 2.34. The molecule has 2 saturated heterocycles. The Kier molecular flexibility index (Phi) is 4.89. The van der Waals surface area contributed by atoms with Crippen molar-refractivity contribution in [3.8, 4) is 0 Å². The van der Waals surface area contributed by atoms with Gasteiger partial charge in [0.15, 0.2) is 0 Å². The zero-order valence-electron chi connectivity index (χ0n) is 16.3. The molecule has 4 rings (SSSR count). The standard InChI is InChI=1S/C22H25N3O3/c1-16-7-6-10-18(23-16)21(27)24-12-11-19-22(2,15-24)28-14-20(26)25(19)13-17-8-4-3-5-9-17/h3-10,19H,11-15H2,1-2H3/t19-,22-/m1/s1. The fourth-order valence-corrected chi connectivity index (χ4v) is 4.23. The summed E-state index contributed by atoms with van der Waals surface area (Å²) < 4.78 is 5.98. The highest BCUT2D eigenvalue weighted by Gasteiger charge is 2.49. The number of aromatic nitrogens is 1. The first kappa shape index (κ1) is 18.6. The summed E-state index contributed by atoms with van der Waals surface area (Å²) in [6.45, 7) is 5.52. The van der Waals surface area contributed by atoms with Crippen LogP contribution in [0, 0.1) is 6.92 Å². The molecule has 28 heavy (non-hydrogen) atoms. The molecular formula is C22H25N3O3. The summed E-state index contributed by atoms with van der Waals surface area (Å²) in [5.74, 6) is -0.0788. The number of likely N-dealkylation sites (tertiary alicyclic amines) is 1. The largest absolute Gasteiger partial charge is 0.361 e. The first-order valence-electron chi connectivity index (χ1n) is 9.66. The maximum Gasteiger partial charge on any atom is 0.272 e. The van der Waals surface area contributed by atoms with E-state index in [1.165, 1.54) is 0 Å². The zero-order valence-corrected chi connectivity index (χ0v) is 16.3. The van der Waals surface area contributed by atoms with E-state index in [-0.39, 0.29) is 24.5 Å². The molecule has 2 amide bonds. The van der Waals surface area contributed by atoms with Crippen LogP contribution in [-0.2, 0) is 16.1 Å². The number of hydrogen-bond donors (Lipinski definition) is 0. The van der Waals surface area contributed by atoms with Crippen molar-refractivity contribution >= 4 is 11.8 Å². The molecule has 0 spiro atoms. The van der Waals surface area contributed by atoms with Crippen LogP contribution in [0.5, 0.6) is 0 Å². The van der Waals surface area contributed by atoms with Gasteiger partial charge in [0.2, 0.25) is 5.91 Å². The molecule has 2 aliphatic heterocycles. The van der Waals surface area contributed by atoms with Crippen LogP contribution in [0.4, 0.5) is 0 Å². The fourth-order valence-electron chi connectivity index (χ4n) is 4.23. The van der Waals surface area contributed by atoms with Gasteiger partial charge >= 0.3 is 0 Å². The van der Waals surface area contributed by atoms with E-state index in [1.807, 2.05) is 61.2 Å². The number of hydrogen-bond acceptors (Lipinski definition) is 4. The van der Waals surface area contributed by atoms with Gasteiger partial charge < -0.3 is 14.5 Å². The molecule has 0 radical (unpaired) electrons. The Morgan fingerprint density at radius 1 is 1.21 bits per heavy atom. The molecular weight excluding hydrogens is 354 g/mol. The van der Waals surface area contributed by atoms with Crippen LogP contribution >= 0.6 is 0 Å². The minimum absolute atomic E-state index is 0.00598. The highest BCUT2D eigenvalue weighted by atomic mass is 16.5. The molecule has 2 aromatic rings. The Morgan fingerprint density at radius 2 is 2.00 bits per heavy atom. The van der Waals surface area contributed by atoms with E-state index < -0.39 is 5.60 Å². The van der Waals surface area contributed by atoms with Crippen LogP contribution in [0.15, 0.2) is 48.5 Å². The third kappa shape index (κ3) is 3.52. The van der Waals surface area contributed by atoms with Crippen LogP contribution in [-0.4, -0.2) is 57.9 Å². The lowest BCUT2D eigenvalue weighted by Crippen LogP contribution is -2.67. The summed E-state index contributed by atoms with van der Waals surface area (Å²) in [7, 11) is 0. The molecule has 146 valence electrons. The van der Waals surface area contributed by atoms with E-state index in [0.717, 1.165) is 11.3 Å². The lowest BCUT2D eigenvalue weighted by atomic mass is 9.85. The van der Waals surface area contributed by atoms with E-state index in [0.29, 0.717) is 31.7 Å². The number of nitrogens with zero attached hydrogens (tertiary/aromatic N) is 3. The quantitative estimate of drug-likeness (QED) is 0.822. The van der Waals surface area contributed by atoms with Gasteiger partial charge in [-0.2, -0.15) is 0 Å². The predicted molar refractivity (Wildman–Crippen MR) is 105 cm³/mol. The zero-order chi connectivity index (χ0) is 19.7. The van der Waals surface area contributed by atoms with Crippen molar-refractivity contribution in [2.45, 2.75) is 38.5 Å². The smallest absolute Gasteiger partial charge is 0.272 e. The second kappa shape index (κ2) is 7.36. The van der Waals surface area contributed by atoms with Gasteiger partial charge in [0.25, 0.3) is 5.91 Å². The summed E-state index contributed by atoms with van der Waals surface area (Å²) in [6.07, 6.45) is 0.687.